The number of hydrogen-bond donors (Lipinski definition) is 2. The molecular formula is C21H36IN5O. The normalized spacial score (nSPS) is 15.8. The van der Waals surface area contributed by atoms with Gasteiger partial charge in [-0.1, -0.05) is 44.2 Å². The van der Waals surface area contributed by atoms with Crippen molar-refractivity contribution in [3.05, 3.63) is 35.9 Å². The molecule has 2 rings (SSSR count). The van der Waals surface area contributed by atoms with Crippen molar-refractivity contribution in [3.63, 3.8) is 0 Å². The third-order valence-corrected chi connectivity index (χ3v) is 4.78. The standard InChI is InChI=1S/C21H35N5O.HI/c1-17(2)14-22-21(24-16-20(27)25(3)4)23-15-19(26-12-8-9-13-26)18-10-6-5-7-11-18;/h5-7,10-11,17,19H,8-9,12-16H2,1-4H3,(H2,22,23,24);1H. The Morgan fingerprint density at radius 1 is 1.11 bits per heavy atom. The van der Waals surface area contributed by atoms with Crippen molar-refractivity contribution < 1.29 is 4.79 Å². The molecule has 0 radical (unpaired) electrons. The highest BCUT2D eigenvalue weighted by molar-refractivity contribution is 14.0. The van der Waals surface area contributed by atoms with E-state index in [9.17, 15) is 4.79 Å². The maximum atomic E-state index is 11.9. The molecule has 1 fully saturated rings. The molecule has 1 unspecified atom stereocenters. The van der Waals surface area contributed by atoms with Crippen LogP contribution in [0, 0.1) is 5.92 Å². The van der Waals surface area contributed by atoms with Crippen LogP contribution < -0.4 is 10.6 Å². The lowest BCUT2D eigenvalue weighted by molar-refractivity contribution is -0.127. The average molecular weight is 501 g/mol. The summed E-state index contributed by atoms with van der Waals surface area (Å²) >= 11 is 0. The summed E-state index contributed by atoms with van der Waals surface area (Å²) in [5.74, 6) is 1.21. The maximum Gasteiger partial charge on any atom is 0.243 e. The van der Waals surface area contributed by atoms with Crippen LogP contribution in [-0.2, 0) is 4.79 Å². The van der Waals surface area contributed by atoms with Gasteiger partial charge in [0.05, 0.1) is 6.04 Å². The molecule has 0 spiro atoms. The lowest BCUT2D eigenvalue weighted by Crippen LogP contribution is -2.44. The van der Waals surface area contributed by atoms with Crippen molar-refractivity contribution in [2.24, 2.45) is 10.9 Å². The lowest BCUT2D eigenvalue weighted by atomic mass is 10.1. The zero-order valence-corrected chi connectivity index (χ0v) is 20.0. The van der Waals surface area contributed by atoms with Crippen molar-refractivity contribution in [1.82, 2.24) is 20.4 Å². The number of carbonyl (C=O) groups is 1. The van der Waals surface area contributed by atoms with Crippen LogP contribution >= 0.6 is 24.0 Å². The molecule has 0 aliphatic carbocycles. The van der Waals surface area contributed by atoms with Crippen LogP contribution in [0.1, 0.15) is 38.3 Å². The van der Waals surface area contributed by atoms with Crippen molar-refractivity contribution in [3.8, 4) is 0 Å². The van der Waals surface area contributed by atoms with E-state index < -0.39 is 0 Å². The topological polar surface area (TPSA) is 60.0 Å². The second-order valence-electron chi connectivity index (χ2n) is 7.78. The molecule has 1 aromatic carbocycles. The minimum atomic E-state index is -0.000186. The molecule has 1 amide bonds. The van der Waals surface area contributed by atoms with Gasteiger partial charge in [0.2, 0.25) is 5.91 Å². The molecule has 0 aromatic heterocycles. The number of amides is 1. The number of likely N-dealkylation sites (N-methyl/N-ethyl adjacent to an activating group) is 1. The molecule has 1 atom stereocenters. The van der Waals surface area contributed by atoms with Crippen LogP contribution in [0.25, 0.3) is 0 Å². The number of likely N-dealkylation sites (tertiary alicyclic amines) is 1. The van der Waals surface area contributed by atoms with Crippen LogP contribution in [0.2, 0.25) is 0 Å². The summed E-state index contributed by atoms with van der Waals surface area (Å²) in [5, 5.41) is 6.83. The summed E-state index contributed by atoms with van der Waals surface area (Å²) in [5.41, 5.74) is 1.32. The van der Waals surface area contributed by atoms with E-state index in [1.165, 1.54) is 18.4 Å². The highest BCUT2D eigenvalue weighted by atomic mass is 127. The van der Waals surface area contributed by atoms with Crippen LogP contribution in [0.15, 0.2) is 35.3 Å². The fourth-order valence-corrected chi connectivity index (χ4v) is 3.14. The van der Waals surface area contributed by atoms with Gasteiger partial charge in [-0.25, -0.2) is 4.99 Å². The Labute approximate surface area is 187 Å². The first kappa shape index (κ1) is 24.7. The number of halogens is 1. The second-order valence-corrected chi connectivity index (χ2v) is 7.78. The largest absolute Gasteiger partial charge is 0.356 e. The third-order valence-electron chi connectivity index (χ3n) is 4.78. The molecule has 1 aromatic rings. The number of hydrogen-bond acceptors (Lipinski definition) is 3. The van der Waals surface area contributed by atoms with Gasteiger partial charge in [0.25, 0.3) is 0 Å². The lowest BCUT2D eigenvalue weighted by Gasteiger charge is -2.29. The van der Waals surface area contributed by atoms with Crippen LogP contribution in [0.4, 0.5) is 0 Å². The van der Waals surface area contributed by atoms with E-state index in [-0.39, 0.29) is 36.4 Å². The minimum Gasteiger partial charge on any atom is -0.356 e. The number of nitrogens with one attached hydrogen (secondary N) is 2. The van der Waals surface area contributed by atoms with E-state index in [1.807, 2.05) is 0 Å². The third kappa shape index (κ3) is 8.34. The fourth-order valence-electron chi connectivity index (χ4n) is 3.14. The summed E-state index contributed by atoms with van der Waals surface area (Å²) in [4.78, 5) is 20.5. The molecular weight excluding hydrogens is 465 g/mol. The number of carbonyl (C=O) groups excluding carboxylic acids is 1. The first-order chi connectivity index (χ1) is 13.0. The Morgan fingerprint density at radius 3 is 2.29 bits per heavy atom. The summed E-state index contributed by atoms with van der Waals surface area (Å²) in [6.07, 6.45) is 2.51. The molecule has 6 nitrogen and oxygen atoms in total. The molecule has 0 bridgehead atoms. The zero-order valence-electron chi connectivity index (χ0n) is 17.6. The zero-order chi connectivity index (χ0) is 19.6. The Hall–Kier alpha value is -1.35. The smallest absolute Gasteiger partial charge is 0.243 e. The molecule has 1 aliphatic rings. The number of guanidine groups is 1. The Kier molecular flexibility index (Phi) is 11.4. The molecule has 2 N–H and O–H groups in total. The average Bonchev–Trinajstić information content (AvgIpc) is 3.18. The summed E-state index contributed by atoms with van der Waals surface area (Å²) < 4.78 is 0. The highest BCUT2D eigenvalue weighted by Gasteiger charge is 2.23. The fraction of sp³-hybridized carbons (Fsp3) is 0.619. The number of aliphatic imine (C=N–C) groups is 1. The van der Waals surface area contributed by atoms with Gasteiger partial charge in [-0.2, -0.15) is 0 Å². The van der Waals surface area contributed by atoms with Gasteiger partial charge < -0.3 is 15.5 Å². The number of nitrogens with zero attached hydrogens (tertiary/aromatic N) is 3. The van der Waals surface area contributed by atoms with Crippen LogP contribution in [0.5, 0.6) is 0 Å². The van der Waals surface area contributed by atoms with Gasteiger partial charge in [0.1, 0.15) is 6.54 Å². The minimum absolute atomic E-state index is 0. The molecule has 7 heteroatoms. The van der Waals surface area contributed by atoms with Crippen molar-refractivity contribution in [2.75, 3.05) is 46.8 Å². The van der Waals surface area contributed by atoms with Crippen LogP contribution in [-0.4, -0.2) is 68.5 Å². The SMILES string of the molecule is CC(C)CNC(=NCC(=O)N(C)C)NCC(c1ccccc1)N1CCCC1.I. The van der Waals surface area contributed by atoms with Gasteiger partial charge in [0.15, 0.2) is 5.96 Å². The monoisotopic (exact) mass is 501 g/mol. The van der Waals surface area contributed by atoms with Crippen LogP contribution in [0.3, 0.4) is 0 Å². The Bertz CT molecular complexity index is 600. The Balaban J connectivity index is 0.00000392. The molecule has 0 saturated carbocycles. The second kappa shape index (κ2) is 13.0. The first-order valence-electron chi connectivity index (χ1n) is 9.98. The predicted octanol–water partition coefficient (Wildman–Crippen LogP) is 2.72. The molecule has 1 saturated heterocycles. The van der Waals surface area contributed by atoms with Gasteiger partial charge in [-0.3, -0.25) is 9.69 Å². The maximum absolute atomic E-state index is 11.9. The van der Waals surface area contributed by atoms with Crippen molar-refractivity contribution in [1.29, 1.82) is 0 Å². The number of rotatable bonds is 8. The van der Waals surface area contributed by atoms with Gasteiger partial charge in [-0.15, -0.1) is 24.0 Å². The van der Waals surface area contributed by atoms with Gasteiger partial charge in [-0.05, 0) is 37.4 Å². The van der Waals surface area contributed by atoms with E-state index in [0.717, 1.165) is 26.2 Å². The molecule has 1 aliphatic heterocycles. The van der Waals surface area contributed by atoms with E-state index in [0.29, 0.717) is 17.9 Å². The van der Waals surface area contributed by atoms with Gasteiger partial charge >= 0.3 is 0 Å². The predicted molar refractivity (Wildman–Crippen MR) is 127 cm³/mol. The number of benzene rings is 1. The van der Waals surface area contributed by atoms with Crippen molar-refractivity contribution >= 4 is 35.8 Å². The summed E-state index contributed by atoms with van der Waals surface area (Å²) in [6.45, 7) is 8.32. The first-order valence-corrected chi connectivity index (χ1v) is 9.98. The Morgan fingerprint density at radius 2 is 1.71 bits per heavy atom. The van der Waals surface area contributed by atoms with Gasteiger partial charge in [0, 0.05) is 27.2 Å². The van der Waals surface area contributed by atoms with Crippen molar-refractivity contribution in [2.45, 2.75) is 32.7 Å². The summed E-state index contributed by atoms with van der Waals surface area (Å²) in [6, 6.07) is 10.9. The molecule has 28 heavy (non-hydrogen) atoms. The molecule has 158 valence electrons. The van der Waals surface area contributed by atoms with E-state index in [4.69, 9.17) is 0 Å². The van der Waals surface area contributed by atoms with E-state index in [2.05, 4.69) is 64.7 Å². The highest BCUT2D eigenvalue weighted by Crippen LogP contribution is 2.24. The van der Waals surface area contributed by atoms with E-state index >= 15 is 0 Å². The molecule has 1 heterocycles. The quantitative estimate of drug-likeness (QED) is 0.327. The van der Waals surface area contributed by atoms with E-state index in [1.54, 1.807) is 19.0 Å². The summed E-state index contributed by atoms with van der Waals surface area (Å²) in [7, 11) is 3.51.